The third-order valence-electron chi connectivity index (χ3n) is 3.25. The zero-order chi connectivity index (χ0) is 13.4. The highest BCUT2D eigenvalue weighted by molar-refractivity contribution is 5.87. The second-order valence-electron chi connectivity index (χ2n) is 4.50. The van der Waals surface area contributed by atoms with Gasteiger partial charge in [-0.1, -0.05) is 30.3 Å². The topological polar surface area (TPSA) is 70.2 Å². The predicted octanol–water partition coefficient (Wildman–Crippen LogP) is 3.02. The molecule has 96 valence electrons. The Morgan fingerprint density at radius 3 is 2.60 bits per heavy atom. The Morgan fingerprint density at radius 1 is 0.900 bits per heavy atom. The summed E-state index contributed by atoms with van der Waals surface area (Å²) in [7, 11) is 0. The number of pyridine rings is 1. The van der Waals surface area contributed by atoms with E-state index in [4.69, 9.17) is 0 Å². The van der Waals surface area contributed by atoms with E-state index < -0.39 is 0 Å². The molecule has 0 aliphatic rings. The Balaban J connectivity index is 2.04. The van der Waals surface area contributed by atoms with Gasteiger partial charge in [0.25, 0.3) is 0 Å². The summed E-state index contributed by atoms with van der Waals surface area (Å²) in [6.07, 6.45) is 1.89. The third kappa shape index (κ3) is 1.68. The maximum absolute atomic E-state index is 4.62. The fraction of sp³-hybridized carbons (Fsp3) is 0. The van der Waals surface area contributed by atoms with Crippen molar-refractivity contribution in [2.45, 2.75) is 0 Å². The molecule has 1 aromatic carbocycles. The van der Waals surface area contributed by atoms with Crippen LogP contribution in [0.25, 0.3) is 33.7 Å². The summed E-state index contributed by atoms with van der Waals surface area (Å²) >= 11 is 0. The zero-order valence-corrected chi connectivity index (χ0v) is 10.5. The fourth-order valence-corrected chi connectivity index (χ4v) is 2.30. The van der Waals surface area contributed by atoms with Crippen molar-refractivity contribution in [3.8, 4) is 22.5 Å². The van der Waals surface area contributed by atoms with E-state index in [9.17, 15) is 0 Å². The van der Waals surface area contributed by atoms with Gasteiger partial charge >= 0.3 is 0 Å². The van der Waals surface area contributed by atoms with Gasteiger partial charge in [0.05, 0.1) is 11.4 Å². The molecule has 0 amide bonds. The van der Waals surface area contributed by atoms with Crippen LogP contribution >= 0.6 is 0 Å². The molecular weight excluding hydrogens is 250 g/mol. The van der Waals surface area contributed by atoms with Crippen LogP contribution in [0.3, 0.4) is 0 Å². The first kappa shape index (κ1) is 10.9. The van der Waals surface area contributed by atoms with E-state index in [1.165, 1.54) is 0 Å². The monoisotopic (exact) mass is 261 g/mol. The Hall–Kier alpha value is -2.95. The second kappa shape index (κ2) is 4.31. The molecule has 0 radical (unpaired) electrons. The normalized spacial score (nSPS) is 11.0. The van der Waals surface area contributed by atoms with Crippen molar-refractivity contribution >= 4 is 11.2 Å². The van der Waals surface area contributed by atoms with Crippen molar-refractivity contribution in [2.24, 2.45) is 0 Å². The van der Waals surface area contributed by atoms with Gasteiger partial charge in [-0.25, -0.2) is 4.98 Å². The third-order valence-corrected chi connectivity index (χ3v) is 3.25. The van der Waals surface area contributed by atoms with Gasteiger partial charge in [0, 0.05) is 11.8 Å². The smallest absolute Gasteiger partial charge is 0.202 e. The van der Waals surface area contributed by atoms with Gasteiger partial charge in [-0.2, -0.15) is 10.3 Å². The molecule has 2 N–H and O–H groups in total. The number of hydrogen-bond donors (Lipinski definition) is 2. The molecule has 0 bridgehead atoms. The molecule has 0 spiro atoms. The van der Waals surface area contributed by atoms with Crippen molar-refractivity contribution in [1.29, 1.82) is 0 Å². The summed E-state index contributed by atoms with van der Waals surface area (Å²) in [5, 5.41) is 10.8. The number of fused-ring (bicyclic) bond motifs is 1. The van der Waals surface area contributed by atoms with Crippen LogP contribution in [0.5, 0.6) is 0 Å². The summed E-state index contributed by atoms with van der Waals surface area (Å²) < 4.78 is 0. The van der Waals surface area contributed by atoms with E-state index in [0.29, 0.717) is 5.65 Å². The number of benzene rings is 1. The molecule has 3 heterocycles. The summed E-state index contributed by atoms with van der Waals surface area (Å²) in [5.74, 6) is 0. The molecule has 4 rings (SSSR count). The van der Waals surface area contributed by atoms with Gasteiger partial charge in [0.2, 0.25) is 5.65 Å². The average molecular weight is 261 g/mol. The van der Waals surface area contributed by atoms with Crippen LogP contribution in [0.2, 0.25) is 0 Å². The molecule has 5 heteroatoms. The maximum Gasteiger partial charge on any atom is 0.202 e. The molecule has 3 aromatic heterocycles. The van der Waals surface area contributed by atoms with E-state index in [1.54, 1.807) is 0 Å². The van der Waals surface area contributed by atoms with Crippen molar-refractivity contribution in [1.82, 2.24) is 25.4 Å². The van der Waals surface area contributed by atoms with E-state index in [1.807, 2.05) is 42.6 Å². The minimum Gasteiger partial charge on any atom is -0.360 e. The number of nitrogens with zero attached hydrogens (tertiary/aromatic N) is 3. The van der Waals surface area contributed by atoms with E-state index >= 15 is 0 Å². The maximum atomic E-state index is 4.62. The molecule has 5 nitrogen and oxygen atoms in total. The molecule has 0 unspecified atom stereocenters. The highest BCUT2D eigenvalue weighted by atomic mass is 15.3. The SMILES string of the molecule is c1ccc(-c2cc3n[nH]nc3nc2-c2ccc[nH]2)cc1. The van der Waals surface area contributed by atoms with E-state index in [-0.39, 0.29) is 0 Å². The van der Waals surface area contributed by atoms with Crippen molar-refractivity contribution in [3.05, 3.63) is 54.7 Å². The van der Waals surface area contributed by atoms with Crippen molar-refractivity contribution in [2.75, 3.05) is 0 Å². The van der Waals surface area contributed by atoms with Gasteiger partial charge in [-0.05, 0) is 23.8 Å². The lowest BCUT2D eigenvalue weighted by Crippen LogP contribution is -1.91. The Kier molecular flexibility index (Phi) is 2.35. The number of nitrogens with one attached hydrogen (secondary N) is 2. The second-order valence-corrected chi connectivity index (χ2v) is 4.50. The summed E-state index contributed by atoms with van der Waals surface area (Å²) in [5.41, 5.74) is 5.37. The highest BCUT2D eigenvalue weighted by Crippen LogP contribution is 2.31. The Morgan fingerprint density at radius 2 is 1.80 bits per heavy atom. The summed E-state index contributed by atoms with van der Waals surface area (Å²) in [6, 6.07) is 16.1. The van der Waals surface area contributed by atoms with Crippen LogP contribution in [0.4, 0.5) is 0 Å². The standard InChI is InChI=1S/C15H11N5/c1-2-5-10(6-3-1)11-9-13-15(19-20-18-13)17-14(11)12-7-4-8-16-12/h1-9,16H,(H,17,18,19,20). The van der Waals surface area contributed by atoms with Crippen LogP contribution in [0, 0.1) is 0 Å². The first-order valence-corrected chi connectivity index (χ1v) is 6.32. The number of H-pyrrole nitrogens is 2. The lowest BCUT2D eigenvalue weighted by molar-refractivity contribution is 0.954. The molecule has 4 aromatic rings. The Labute approximate surface area is 114 Å². The molecule has 0 aliphatic heterocycles. The lowest BCUT2D eigenvalue weighted by Gasteiger charge is -2.07. The van der Waals surface area contributed by atoms with E-state index in [2.05, 4.69) is 37.5 Å². The predicted molar refractivity (Wildman–Crippen MR) is 76.9 cm³/mol. The molecule has 0 saturated heterocycles. The van der Waals surface area contributed by atoms with Gasteiger partial charge in [0.15, 0.2) is 0 Å². The summed E-state index contributed by atoms with van der Waals surface area (Å²) in [6.45, 7) is 0. The van der Waals surface area contributed by atoms with Crippen LogP contribution < -0.4 is 0 Å². The van der Waals surface area contributed by atoms with Crippen LogP contribution in [-0.2, 0) is 0 Å². The quantitative estimate of drug-likeness (QED) is 0.582. The van der Waals surface area contributed by atoms with Crippen LogP contribution in [0.1, 0.15) is 0 Å². The highest BCUT2D eigenvalue weighted by Gasteiger charge is 2.13. The van der Waals surface area contributed by atoms with Crippen molar-refractivity contribution in [3.63, 3.8) is 0 Å². The zero-order valence-electron chi connectivity index (χ0n) is 10.5. The lowest BCUT2D eigenvalue weighted by atomic mass is 10.0. The molecule has 0 saturated carbocycles. The molecular formula is C15H11N5. The van der Waals surface area contributed by atoms with Gasteiger partial charge < -0.3 is 4.98 Å². The number of hydrogen-bond acceptors (Lipinski definition) is 3. The molecule has 20 heavy (non-hydrogen) atoms. The number of rotatable bonds is 2. The minimum absolute atomic E-state index is 0.620. The first-order chi connectivity index (χ1) is 9.92. The average Bonchev–Trinajstić information content (AvgIpc) is 3.17. The molecule has 0 fully saturated rings. The Bertz CT molecular complexity index is 847. The number of aromatic amines is 2. The van der Waals surface area contributed by atoms with Crippen LogP contribution in [-0.4, -0.2) is 25.4 Å². The summed E-state index contributed by atoms with van der Waals surface area (Å²) in [4.78, 5) is 7.82. The largest absolute Gasteiger partial charge is 0.360 e. The van der Waals surface area contributed by atoms with Gasteiger partial charge in [0.1, 0.15) is 5.52 Å². The molecule has 0 aliphatic carbocycles. The number of aromatic nitrogens is 5. The van der Waals surface area contributed by atoms with E-state index in [0.717, 1.165) is 28.0 Å². The fourth-order valence-electron chi connectivity index (χ4n) is 2.30. The van der Waals surface area contributed by atoms with Crippen LogP contribution in [0.15, 0.2) is 54.7 Å². The van der Waals surface area contributed by atoms with Gasteiger partial charge in [-0.3, -0.25) is 0 Å². The van der Waals surface area contributed by atoms with Gasteiger partial charge in [-0.15, -0.1) is 5.10 Å². The first-order valence-electron chi connectivity index (χ1n) is 6.32. The van der Waals surface area contributed by atoms with Crippen molar-refractivity contribution < 1.29 is 0 Å². The minimum atomic E-state index is 0.620. The molecule has 0 atom stereocenters.